The van der Waals surface area contributed by atoms with Gasteiger partial charge in [-0.25, -0.2) is 4.79 Å². The summed E-state index contributed by atoms with van der Waals surface area (Å²) in [6, 6.07) is 14.6. The maximum absolute atomic E-state index is 13.0. The molecule has 0 atom stereocenters. The van der Waals surface area contributed by atoms with E-state index in [4.69, 9.17) is 23.2 Å². The van der Waals surface area contributed by atoms with Crippen molar-refractivity contribution in [1.82, 2.24) is 19.2 Å². The lowest BCUT2D eigenvalue weighted by Gasteiger charge is -2.10. The van der Waals surface area contributed by atoms with Crippen LogP contribution in [0.15, 0.2) is 53.3 Å². The molecule has 0 saturated heterocycles. The highest BCUT2D eigenvalue weighted by atomic mass is 35.5. The number of aromatic nitrogens is 3. The number of likely N-dealkylation sites (N-methyl/N-ethyl adjacent to an activating group) is 1. The fourth-order valence-corrected chi connectivity index (χ4v) is 2.87. The van der Waals surface area contributed by atoms with Crippen LogP contribution in [0.25, 0.3) is 17.1 Å². The fraction of sp³-hybridized carbons (Fsp3) is 0.222. The topological polar surface area (TPSA) is 43.1 Å². The van der Waals surface area contributed by atoms with Gasteiger partial charge in [0.15, 0.2) is 5.82 Å². The van der Waals surface area contributed by atoms with Gasteiger partial charge >= 0.3 is 5.69 Å². The Bertz CT molecular complexity index is 932. The average Bonchev–Trinajstić information content (AvgIpc) is 2.92. The molecule has 1 heterocycles. The minimum Gasteiger partial charge on any atom is -0.308 e. The molecular weight excluding hydrogens is 359 g/mol. The minimum absolute atomic E-state index is 0.245. The first-order valence-corrected chi connectivity index (χ1v) is 8.58. The summed E-state index contributed by atoms with van der Waals surface area (Å²) in [5.74, 6) is 0.600. The second-order valence-corrected chi connectivity index (χ2v) is 6.78. The van der Waals surface area contributed by atoms with Crippen LogP contribution in [0.2, 0.25) is 10.0 Å². The molecule has 0 aliphatic rings. The zero-order chi connectivity index (χ0) is 18.0. The van der Waals surface area contributed by atoms with Crippen molar-refractivity contribution >= 4 is 23.2 Å². The van der Waals surface area contributed by atoms with Gasteiger partial charge in [0, 0.05) is 23.7 Å². The Balaban J connectivity index is 2.18. The van der Waals surface area contributed by atoms with Crippen LogP contribution in [0.4, 0.5) is 0 Å². The Hall–Kier alpha value is -2.08. The molecule has 0 spiro atoms. The van der Waals surface area contributed by atoms with Crippen LogP contribution in [-0.4, -0.2) is 39.9 Å². The zero-order valence-corrected chi connectivity index (χ0v) is 15.5. The second kappa shape index (κ2) is 7.44. The second-order valence-electron chi connectivity index (χ2n) is 5.93. The van der Waals surface area contributed by atoms with Gasteiger partial charge in [0.05, 0.1) is 10.7 Å². The van der Waals surface area contributed by atoms with Crippen molar-refractivity contribution in [2.75, 3.05) is 20.6 Å². The molecule has 0 radical (unpaired) electrons. The molecule has 130 valence electrons. The van der Waals surface area contributed by atoms with E-state index in [1.54, 1.807) is 22.8 Å². The first-order chi connectivity index (χ1) is 12.0. The Morgan fingerprint density at radius 1 is 1.08 bits per heavy atom. The number of nitrogens with zero attached hydrogens (tertiary/aromatic N) is 4. The quantitative estimate of drug-likeness (QED) is 0.683. The van der Waals surface area contributed by atoms with Gasteiger partial charge in [0.25, 0.3) is 0 Å². The largest absolute Gasteiger partial charge is 0.351 e. The fourth-order valence-electron chi connectivity index (χ4n) is 2.50. The molecule has 0 unspecified atom stereocenters. The summed E-state index contributed by atoms with van der Waals surface area (Å²) in [5.41, 5.74) is 1.10. The summed E-state index contributed by atoms with van der Waals surface area (Å²) in [5, 5.41) is 5.45. The summed E-state index contributed by atoms with van der Waals surface area (Å²) in [6.45, 7) is 1.24. The van der Waals surface area contributed by atoms with Gasteiger partial charge in [-0.05, 0) is 32.3 Å². The third kappa shape index (κ3) is 3.79. The maximum atomic E-state index is 13.0. The Morgan fingerprint density at radius 2 is 1.80 bits per heavy atom. The van der Waals surface area contributed by atoms with E-state index in [1.165, 1.54) is 4.68 Å². The van der Waals surface area contributed by atoms with Gasteiger partial charge in [-0.1, -0.05) is 53.5 Å². The summed E-state index contributed by atoms with van der Waals surface area (Å²) in [7, 11) is 3.93. The third-order valence-electron chi connectivity index (χ3n) is 3.80. The van der Waals surface area contributed by atoms with Gasteiger partial charge < -0.3 is 4.90 Å². The van der Waals surface area contributed by atoms with E-state index >= 15 is 0 Å². The predicted molar refractivity (Wildman–Crippen MR) is 102 cm³/mol. The van der Waals surface area contributed by atoms with Gasteiger partial charge in [-0.3, -0.25) is 4.57 Å². The normalized spacial score (nSPS) is 11.2. The van der Waals surface area contributed by atoms with Gasteiger partial charge in [0.2, 0.25) is 0 Å². The molecule has 3 rings (SSSR count). The molecule has 0 amide bonds. The van der Waals surface area contributed by atoms with E-state index in [0.29, 0.717) is 34.6 Å². The summed E-state index contributed by atoms with van der Waals surface area (Å²) in [6.07, 6.45) is 0. The van der Waals surface area contributed by atoms with E-state index in [9.17, 15) is 4.79 Å². The number of hydrogen-bond acceptors (Lipinski definition) is 3. The highest BCUT2D eigenvalue weighted by Crippen LogP contribution is 2.24. The van der Waals surface area contributed by atoms with E-state index < -0.39 is 0 Å². The van der Waals surface area contributed by atoms with Crippen molar-refractivity contribution in [2.45, 2.75) is 6.54 Å². The summed E-state index contributed by atoms with van der Waals surface area (Å²) in [4.78, 5) is 15.0. The van der Waals surface area contributed by atoms with E-state index in [1.807, 2.05) is 49.3 Å². The van der Waals surface area contributed by atoms with Gasteiger partial charge in [-0.2, -0.15) is 4.68 Å². The molecule has 0 aliphatic carbocycles. The first kappa shape index (κ1) is 17.7. The van der Waals surface area contributed by atoms with Crippen molar-refractivity contribution in [2.24, 2.45) is 0 Å². The van der Waals surface area contributed by atoms with Gasteiger partial charge in [0.1, 0.15) is 0 Å². The standard InChI is InChI=1S/C18H18Cl2N4O/c1-22(2)10-11-23-17(13-6-4-3-5-7-13)21-24(18(23)25)16-12-14(19)8-9-15(16)20/h3-9,12H,10-11H2,1-2H3. The van der Waals surface area contributed by atoms with Crippen LogP contribution >= 0.6 is 23.2 Å². The number of benzene rings is 2. The van der Waals surface area contributed by atoms with Crippen LogP contribution in [0.5, 0.6) is 0 Å². The Morgan fingerprint density at radius 3 is 2.48 bits per heavy atom. The molecular formula is C18H18Cl2N4O. The SMILES string of the molecule is CN(C)CCn1c(-c2ccccc2)nn(-c2cc(Cl)ccc2Cl)c1=O. The van der Waals surface area contributed by atoms with Crippen LogP contribution in [0, 0.1) is 0 Å². The number of halogens is 2. The first-order valence-electron chi connectivity index (χ1n) is 7.83. The van der Waals surface area contributed by atoms with Gasteiger partial charge in [-0.15, -0.1) is 5.10 Å². The zero-order valence-electron chi connectivity index (χ0n) is 14.0. The number of rotatable bonds is 5. The average molecular weight is 377 g/mol. The summed E-state index contributed by atoms with van der Waals surface area (Å²) >= 11 is 12.3. The highest BCUT2D eigenvalue weighted by Gasteiger charge is 2.18. The molecule has 0 N–H and O–H groups in total. The molecule has 3 aromatic rings. The minimum atomic E-state index is -0.245. The van der Waals surface area contributed by atoms with Crippen molar-refractivity contribution in [3.05, 3.63) is 69.1 Å². The lowest BCUT2D eigenvalue weighted by atomic mass is 10.2. The molecule has 0 fully saturated rings. The molecule has 0 saturated carbocycles. The molecule has 0 aliphatic heterocycles. The molecule has 1 aromatic heterocycles. The third-order valence-corrected chi connectivity index (χ3v) is 4.36. The Labute approximate surface area is 156 Å². The summed E-state index contributed by atoms with van der Waals surface area (Å²) < 4.78 is 2.97. The van der Waals surface area contributed by atoms with E-state index in [-0.39, 0.29) is 5.69 Å². The van der Waals surface area contributed by atoms with Crippen molar-refractivity contribution in [3.8, 4) is 17.1 Å². The smallest absolute Gasteiger partial charge is 0.308 e. The van der Waals surface area contributed by atoms with Crippen molar-refractivity contribution in [1.29, 1.82) is 0 Å². The molecule has 2 aromatic carbocycles. The predicted octanol–water partition coefficient (Wildman–Crippen LogP) is 3.57. The van der Waals surface area contributed by atoms with Crippen molar-refractivity contribution < 1.29 is 0 Å². The molecule has 0 bridgehead atoms. The lowest BCUT2D eigenvalue weighted by Crippen LogP contribution is -2.28. The van der Waals surface area contributed by atoms with Crippen molar-refractivity contribution in [3.63, 3.8) is 0 Å². The number of hydrogen-bond donors (Lipinski definition) is 0. The van der Waals surface area contributed by atoms with Crippen LogP contribution in [-0.2, 0) is 6.54 Å². The van der Waals surface area contributed by atoms with E-state index in [2.05, 4.69) is 5.10 Å². The van der Waals surface area contributed by atoms with E-state index in [0.717, 1.165) is 5.56 Å². The Kier molecular flexibility index (Phi) is 5.27. The van der Waals surface area contributed by atoms with Crippen LogP contribution < -0.4 is 5.69 Å². The lowest BCUT2D eigenvalue weighted by molar-refractivity contribution is 0.381. The molecule has 7 heteroatoms. The monoisotopic (exact) mass is 376 g/mol. The van der Waals surface area contributed by atoms with Crippen LogP contribution in [0.1, 0.15) is 0 Å². The maximum Gasteiger partial charge on any atom is 0.351 e. The highest BCUT2D eigenvalue weighted by molar-refractivity contribution is 6.34. The molecule has 25 heavy (non-hydrogen) atoms. The molecule has 5 nitrogen and oxygen atoms in total. The van der Waals surface area contributed by atoms with Crippen LogP contribution in [0.3, 0.4) is 0 Å².